The van der Waals surface area contributed by atoms with Crippen LogP contribution in [0.1, 0.15) is 37.7 Å². The van der Waals surface area contributed by atoms with E-state index in [4.69, 9.17) is 11.6 Å². The Morgan fingerprint density at radius 1 is 1.28 bits per heavy atom. The Balaban J connectivity index is 1.81. The molecule has 1 aliphatic carbocycles. The molecule has 2 atom stereocenters. The molecule has 0 saturated carbocycles. The minimum atomic E-state index is -0.831. The molecule has 32 heavy (non-hydrogen) atoms. The van der Waals surface area contributed by atoms with E-state index in [0.717, 1.165) is 4.47 Å². The Bertz CT molecular complexity index is 1190. The first-order valence-electron chi connectivity index (χ1n) is 9.94. The predicted octanol–water partition coefficient (Wildman–Crippen LogP) is 5.23. The van der Waals surface area contributed by atoms with Crippen LogP contribution in [0.25, 0.3) is 0 Å². The van der Waals surface area contributed by atoms with Crippen molar-refractivity contribution in [3.63, 3.8) is 0 Å². The van der Waals surface area contributed by atoms with Gasteiger partial charge in [-0.25, -0.2) is 4.98 Å². The summed E-state index contributed by atoms with van der Waals surface area (Å²) in [6, 6.07) is 7.79. The van der Waals surface area contributed by atoms with Crippen molar-refractivity contribution < 1.29 is 14.5 Å². The van der Waals surface area contributed by atoms with Gasteiger partial charge in [0.15, 0.2) is 5.78 Å². The SMILES string of the molecule is CC1=NC2=C(C(=O)CCC2)[C@H](c2ccc(Cl)c([N+](=O)[O-])c2)C1C(=O)Nc1ccc(Br)cn1. The summed E-state index contributed by atoms with van der Waals surface area (Å²) in [5.41, 5.74) is 1.83. The van der Waals surface area contributed by atoms with Crippen molar-refractivity contribution in [2.75, 3.05) is 5.32 Å². The summed E-state index contributed by atoms with van der Waals surface area (Å²) in [7, 11) is 0. The van der Waals surface area contributed by atoms with Crippen molar-refractivity contribution in [3.8, 4) is 0 Å². The van der Waals surface area contributed by atoms with Crippen LogP contribution in [0.15, 0.2) is 57.3 Å². The van der Waals surface area contributed by atoms with Crippen molar-refractivity contribution in [1.82, 2.24) is 4.98 Å². The minimum Gasteiger partial charge on any atom is -0.310 e. The molecular formula is C22H18BrClN4O4. The number of nitrogens with zero attached hydrogens (tertiary/aromatic N) is 3. The van der Waals surface area contributed by atoms with Gasteiger partial charge in [0.2, 0.25) is 5.91 Å². The number of benzene rings is 1. The van der Waals surface area contributed by atoms with Gasteiger partial charge in [-0.3, -0.25) is 24.7 Å². The molecule has 1 aromatic carbocycles. The molecule has 0 fully saturated rings. The fourth-order valence-electron chi connectivity index (χ4n) is 4.22. The van der Waals surface area contributed by atoms with Crippen molar-refractivity contribution in [2.24, 2.45) is 10.9 Å². The number of carbonyl (C=O) groups is 2. The molecule has 1 unspecified atom stereocenters. The number of amides is 1. The molecule has 1 N–H and O–H groups in total. The zero-order valence-corrected chi connectivity index (χ0v) is 19.3. The number of hydrogen-bond acceptors (Lipinski definition) is 6. The lowest BCUT2D eigenvalue weighted by Crippen LogP contribution is -2.39. The molecule has 1 aliphatic heterocycles. The highest BCUT2D eigenvalue weighted by atomic mass is 79.9. The summed E-state index contributed by atoms with van der Waals surface area (Å²) in [5.74, 6) is -1.68. The number of rotatable bonds is 4. The summed E-state index contributed by atoms with van der Waals surface area (Å²) in [5, 5.41) is 14.3. The summed E-state index contributed by atoms with van der Waals surface area (Å²) < 4.78 is 0.764. The smallest absolute Gasteiger partial charge is 0.288 e. The third kappa shape index (κ3) is 4.22. The first-order chi connectivity index (χ1) is 15.3. The molecule has 4 rings (SSSR count). The molecule has 1 amide bonds. The second-order valence-electron chi connectivity index (χ2n) is 7.66. The van der Waals surface area contributed by atoms with Gasteiger partial charge >= 0.3 is 0 Å². The maximum Gasteiger partial charge on any atom is 0.288 e. The average Bonchev–Trinajstić information content (AvgIpc) is 2.74. The monoisotopic (exact) mass is 516 g/mol. The van der Waals surface area contributed by atoms with Crippen LogP contribution in [0, 0.1) is 16.0 Å². The van der Waals surface area contributed by atoms with Crippen LogP contribution in [0.2, 0.25) is 5.02 Å². The van der Waals surface area contributed by atoms with E-state index in [0.29, 0.717) is 47.6 Å². The van der Waals surface area contributed by atoms with E-state index in [9.17, 15) is 19.7 Å². The van der Waals surface area contributed by atoms with Crippen LogP contribution in [0.5, 0.6) is 0 Å². The van der Waals surface area contributed by atoms with E-state index in [2.05, 4.69) is 31.2 Å². The minimum absolute atomic E-state index is 0.0100. The number of anilines is 1. The third-order valence-corrected chi connectivity index (χ3v) is 6.41. The summed E-state index contributed by atoms with van der Waals surface area (Å²) >= 11 is 9.31. The number of nitro groups is 1. The van der Waals surface area contributed by atoms with Gasteiger partial charge in [0, 0.05) is 46.1 Å². The number of aliphatic imine (C=N–C) groups is 1. The van der Waals surface area contributed by atoms with E-state index in [1.54, 1.807) is 31.3 Å². The molecule has 0 spiro atoms. The molecule has 10 heteroatoms. The number of carbonyl (C=O) groups excluding carboxylic acids is 2. The number of nitrogens with one attached hydrogen (secondary N) is 1. The predicted molar refractivity (Wildman–Crippen MR) is 124 cm³/mol. The quantitative estimate of drug-likeness (QED) is 0.441. The van der Waals surface area contributed by atoms with E-state index in [1.807, 2.05) is 0 Å². The zero-order valence-electron chi connectivity index (χ0n) is 17.0. The maximum absolute atomic E-state index is 13.4. The lowest BCUT2D eigenvalue weighted by Gasteiger charge is -2.34. The Hall–Kier alpha value is -2.91. The van der Waals surface area contributed by atoms with Gasteiger partial charge in [0.25, 0.3) is 5.69 Å². The van der Waals surface area contributed by atoms with Crippen LogP contribution >= 0.6 is 27.5 Å². The van der Waals surface area contributed by atoms with E-state index in [1.165, 1.54) is 12.1 Å². The molecule has 2 aliphatic rings. The number of aromatic nitrogens is 1. The molecule has 0 bridgehead atoms. The van der Waals surface area contributed by atoms with E-state index >= 15 is 0 Å². The third-order valence-electron chi connectivity index (χ3n) is 5.62. The van der Waals surface area contributed by atoms with Crippen LogP contribution in [-0.2, 0) is 9.59 Å². The molecule has 2 aromatic rings. The summed E-state index contributed by atoms with van der Waals surface area (Å²) in [4.78, 5) is 46.0. The highest BCUT2D eigenvalue weighted by molar-refractivity contribution is 9.10. The van der Waals surface area contributed by atoms with Gasteiger partial charge in [0.1, 0.15) is 10.8 Å². The number of nitro benzene ring substituents is 1. The number of hydrogen-bond donors (Lipinski definition) is 1. The number of halogens is 2. The molecular weight excluding hydrogens is 500 g/mol. The molecule has 0 saturated heterocycles. The van der Waals surface area contributed by atoms with Crippen molar-refractivity contribution in [2.45, 2.75) is 32.1 Å². The van der Waals surface area contributed by atoms with Gasteiger partial charge in [-0.2, -0.15) is 0 Å². The molecule has 0 radical (unpaired) electrons. The average molecular weight is 518 g/mol. The van der Waals surface area contributed by atoms with Gasteiger partial charge in [0.05, 0.1) is 10.8 Å². The Kier molecular flexibility index (Phi) is 6.21. The van der Waals surface area contributed by atoms with Crippen LogP contribution < -0.4 is 5.32 Å². The zero-order chi connectivity index (χ0) is 23.0. The lowest BCUT2D eigenvalue weighted by molar-refractivity contribution is -0.384. The molecule has 1 aromatic heterocycles. The van der Waals surface area contributed by atoms with Gasteiger partial charge in [-0.15, -0.1) is 0 Å². The molecule has 2 heterocycles. The van der Waals surface area contributed by atoms with Crippen LogP contribution in [-0.4, -0.2) is 27.3 Å². The largest absolute Gasteiger partial charge is 0.310 e. The standard InChI is InChI=1S/C22H18BrClN4O4/c1-11-19(22(30)27-18-8-6-13(23)10-25-18)20(21-15(26-11)3-2-4-17(21)29)12-5-7-14(24)16(9-12)28(31)32/h5-10,19-20H,2-4H2,1H3,(H,25,27,30)/t19?,20-/m1/s1. The van der Waals surface area contributed by atoms with Crippen molar-refractivity contribution in [3.05, 3.63) is 73.0 Å². The normalized spacial score (nSPS) is 20.5. The second-order valence-corrected chi connectivity index (χ2v) is 8.99. The Morgan fingerprint density at radius 3 is 2.75 bits per heavy atom. The fraction of sp³-hybridized carbons (Fsp3) is 0.273. The van der Waals surface area contributed by atoms with Crippen LogP contribution in [0.4, 0.5) is 11.5 Å². The lowest BCUT2D eigenvalue weighted by atomic mass is 9.71. The van der Waals surface area contributed by atoms with Crippen molar-refractivity contribution in [1.29, 1.82) is 0 Å². The fourth-order valence-corrected chi connectivity index (χ4v) is 4.64. The van der Waals surface area contributed by atoms with Crippen LogP contribution in [0.3, 0.4) is 0 Å². The number of Topliss-reactive ketones (excluding diaryl/α,β-unsaturated/α-hetero) is 1. The van der Waals surface area contributed by atoms with E-state index in [-0.39, 0.29) is 16.5 Å². The summed E-state index contributed by atoms with van der Waals surface area (Å²) in [6.45, 7) is 1.74. The summed E-state index contributed by atoms with van der Waals surface area (Å²) in [6.07, 6.45) is 3.21. The Morgan fingerprint density at radius 2 is 2.06 bits per heavy atom. The number of ketones is 1. The topological polar surface area (TPSA) is 115 Å². The van der Waals surface area contributed by atoms with Gasteiger partial charge in [-0.1, -0.05) is 17.7 Å². The van der Waals surface area contributed by atoms with Gasteiger partial charge < -0.3 is 5.32 Å². The highest BCUT2D eigenvalue weighted by Crippen LogP contribution is 2.44. The van der Waals surface area contributed by atoms with E-state index < -0.39 is 22.7 Å². The first-order valence-corrected chi connectivity index (χ1v) is 11.1. The molecule has 164 valence electrons. The number of pyridine rings is 1. The van der Waals surface area contributed by atoms with Crippen molar-refractivity contribution >= 4 is 56.4 Å². The Labute approximate surface area is 197 Å². The highest BCUT2D eigenvalue weighted by Gasteiger charge is 2.43. The van der Waals surface area contributed by atoms with Gasteiger partial charge in [-0.05, 0) is 59.5 Å². The molecule has 8 nitrogen and oxygen atoms in total. The maximum atomic E-state index is 13.4. The first kappa shape index (κ1) is 22.3. The second kappa shape index (κ2) is 8.91. The number of allylic oxidation sites excluding steroid dienone is 2.